The van der Waals surface area contributed by atoms with Gasteiger partial charge in [0, 0.05) is 24.2 Å². The van der Waals surface area contributed by atoms with Crippen molar-refractivity contribution in [3.05, 3.63) is 47.6 Å². The lowest BCUT2D eigenvalue weighted by atomic mass is 9.99. The minimum absolute atomic E-state index is 0. The van der Waals surface area contributed by atoms with Crippen molar-refractivity contribution in [2.75, 3.05) is 13.1 Å². The molecule has 0 spiro atoms. The van der Waals surface area contributed by atoms with E-state index in [1.54, 1.807) is 6.20 Å². The molecule has 1 N–H and O–H groups in total. The molecule has 1 fully saturated rings. The molecule has 7 heteroatoms. The van der Waals surface area contributed by atoms with Crippen LogP contribution in [0, 0.1) is 0 Å². The maximum atomic E-state index is 13.3. The van der Waals surface area contributed by atoms with Gasteiger partial charge in [0.2, 0.25) is 5.76 Å². The molecular weight excluding hydrogens is 376 g/mol. The molecule has 0 bridgehead atoms. The Balaban J connectivity index is 0.00000280. The van der Waals surface area contributed by atoms with Crippen LogP contribution in [0.2, 0.25) is 0 Å². The highest BCUT2D eigenvalue weighted by atomic mass is 35.5. The molecule has 3 heterocycles. The summed E-state index contributed by atoms with van der Waals surface area (Å²) in [6.45, 7) is 6.69. The number of halogens is 1. The Bertz CT molecular complexity index is 710. The lowest BCUT2D eigenvalue weighted by molar-refractivity contribution is 0.0599. The Hall–Kier alpha value is -1.92. The Morgan fingerprint density at radius 1 is 1.29 bits per heavy atom. The number of aromatic nitrogens is 2. The molecule has 1 amide bonds. The van der Waals surface area contributed by atoms with Gasteiger partial charge in [-0.1, -0.05) is 25.1 Å². The van der Waals surface area contributed by atoms with Crippen molar-refractivity contribution in [2.24, 2.45) is 0 Å². The fraction of sp³-hybridized carbons (Fsp3) is 0.571. The minimum atomic E-state index is -0.0859. The van der Waals surface area contributed by atoms with Crippen LogP contribution in [0.15, 0.2) is 35.0 Å². The van der Waals surface area contributed by atoms with Gasteiger partial charge >= 0.3 is 0 Å². The summed E-state index contributed by atoms with van der Waals surface area (Å²) in [5, 5.41) is 7.60. The summed E-state index contributed by atoms with van der Waals surface area (Å²) in [6, 6.07) is 7.82. The van der Waals surface area contributed by atoms with E-state index in [9.17, 15) is 4.79 Å². The van der Waals surface area contributed by atoms with Crippen molar-refractivity contribution >= 4 is 18.3 Å². The van der Waals surface area contributed by atoms with Gasteiger partial charge in [-0.2, -0.15) is 0 Å². The summed E-state index contributed by atoms with van der Waals surface area (Å²) < 4.78 is 5.47. The van der Waals surface area contributed by atoms with Gasteiger partial charge in [0.15, 0.2) is 0 Å². The van der Waals surface area contributed by atoms with Gasteiger partial charge in [-0.05, 0) is 57.3 Å². The molecule has 1 saturated heterocycles. The molecule has 2 aromatic rings. The van der Waals surface area contributed by atoms with Crippen LogP contribution in [0.1, 0.15) is 73.8 Å². The molecule has 2 aromatic heterocycles. The quantitative estimate of drug-likeness (QED) is 0.746. The molecule has 0 saturated carbocycles. The van der Waals surface area contributed by atoms with Gasteiger partial charge < -0.3 is 14.7 Å². The van der Waals surface area contributed by atoms with Crippen molar-refractivity contribution in [3.8, 4) is 0 Å². The number of nitrogens with zero attached hydrogens (tertiary/aromatic N) is 3. The first kappa shape index (κ1) is 22.4. The largest absolute Gasteiger partial charge is 0.351 e. The first-order valence-corrected chi connectivity index (χ1v) is 10.1. The van der Waals surface area contributed by atoms with Gasteiger partial charge in [0.05, 0.1) is 17.9 Å². The number of pyridine rings is 1. The molecule has 154 valence electrons. The van der Waals surface area contributed by atoms with Crippen molar-refractivity contribution in [2.45, 2.75) is 64.5 Å². The summed E-state index contributed by atoms with van der Waals surface area (Å²) in [6.07, 6.45) is 6.73. The van der Waals surface area contributed by atoms with E-state index < -0.39 is 0 Å². The standard InChI is InChI=1S/C21H30N4O2.ClH/c1-3-16(4-2)19-14-20(27-24-19)21(26)25(15-17-8-5-6-12-23-17)18-9-7-11-22-13-10-18;/h5-6,8,12,14,16,18,22H,3-4,7,9-11,13,15H2,1-2H3;1H. The molecular formula is C21H31ClN4O2. The molecule has 0 aliphatic carbocycles. The van der Waals surface area contributed by atoms with Crippen molar-refractivity contribution in [1.29, 1.82) is 0 Å². The molecule has 28 heavy (non-hydrogen) atoms. The highest BCUT2D eigenvalue weighted by molar-refractivity contribution is 5.91. The SMILES string of the molecule is CCC(CC)c1cc(C(=O)N(Cc2ccccn2)C2CCCNCC2)on1.Cl. The summed E-state index contributed by atoms with van der Waals surface area (Å²) in [4.78, 5) is 19.7. The number of nitrogens with one attached hydrogen (secondary N) is 1. The molecule has 0 aromatic carbocycles. The van der Waals surface area contributed by atoms with Crippen molar-refractivity contribution in [1.82, 2.24) is 20.4 Å². The fourth-order valence-electron chi connectivity index (χ4n) is 3.78. The van der Waals surface area contributed by atoms with Crippen molar-refractivity contribution < 1.29 is 9.32 Å². The topological polar surface area (TPSA) is 71.3 Å². The molecule has 1 atom stereocenters. The minimum Gasteiger partial charge on any atom is -0.351 e. The third-order valence-electron chi connectivity index (χ3n) is 5.45. The van der Waals surface area contributed by atoms with Gasteiger partial charge in [0.25, 0.3) is 5.91 Å². The van der Waals surface area contributed by atoms with Gasteiger partial charge in [-0.15, -0.1) is 12.4 Å². The van der Waals surface area contributed by atoms with Crippen LogP contribution in [0.3, 0.4) is 0 Å². The summed E-state index contributed by atoms with van der Waals surface area (Å²) in [5.41, 5.74) is 1.77. The second-order valence-electron chi connectivity index (χ2n) is 7.22. The Morgan fingerprint density at radius 3 is 2.82 bits per heavy atom. The molecule has 1 unspecified atom stereocenters. The Labute approximate surface area is 173 Å². The average molecular weight is 407 g/mol. The lowest BCUT2D eigenvalue weighted by Gasteiger charge is -2.30. The monoisotopic (exact) mass is 406 g/mol. The van der Waals surface area contributed by atoms with Crippen molar-refractivity contribution in [3.63, 3.8) is 0 Å². The van der Waals surface area contributed by atoms with Crippen LogP contribution in [0.25, 0.3) is 0 Å². The number of carbonyl (C=O) groups is 1. The van der Waals surface area contributed by atoms with E-state index in [2.05, 4.69) is 29.3 Å². The van der Waals surface area contributed by atoms with Crippen LogP contribution in [-0.4, -0.2) is 40.1 Å². The number of carbonyl (C=O) groups excluding carboxylic acids is 1. The Morgan fingerprint density at radius 2 is 2.11 bits per heavy atom. The van der Waals surface area contributed by atoms with E-state index in [0.29, 0.717) is 18.2 Å². The van der Waals surface area contributed by atoms with E-state index in [0.717, 1.165) is 56.6 Å². The van der Waals surface area contributed by atoms with E-state index in [1.807, 2.05) is 29.2 Å². The highest BCUT2D eigenvalue weighted by Crippen LogP contribution is 2.25. The summed E-state index contributed by atoms with van der Waals surface area (Å²) >= 11 is 0. The molecule has 3 rings (SSSR count). The predicted octanol–water partition coefficient (Wildman–Crippen LogP) is 4.18. The first-order chi connectivity index (χ1) is 13.2. The van der Waals surface area contributed by atoms with Crippen LogP contribution < -0.4 is 5.32 Å². The van der Waals surface area contributed by atoms with E-state index in [1.165, 1.54) is 0 Å². The average Bonchev–Trinajstić information content (AvgIpc) is 3.03. The lowest BCUT2D eigenvalue weighted by Crippen LogP contribution is -2.40. The normalized spacial score (nSPS) is 17.0. The molecule has 0 radical (unpaired) electrons. The van der Waals surface area contributed by atoms with E-state index in [4.69, 9.17) is 4.52 Å². The van der Waals surface area contributed by atoms with Gasteiger partial charge in [-0.3, -0.25) is 9.78 Å². The molecule has 6 nitrogen and oxygen atoms in total. The zero-order chi connectivity index (χ0) is 19.1. The molecule has 1 aliphatic rings. The van der Waals surface area contributed by atoms with E-state index >= 15 is 0 Å². The Kier molecular flexibility index (Phi) is 8.93. The zero-order valence-electron chi connectivity index (χ0n) is 16.8. The fourth-order valence-corrected chi connectivity index (χ4v) is 3.78. The third-order valence-corrected chi connectivity index (χ3v) is 5.45. The second kappa shape index (κ2) is 11.2. The van der Waals surface area contributed by atoms with Gasteiger partial charge in [-0.25, -0.2) is 0 Å². The van der Waals surface area contributed by atoms with Gasteiger partial charge in [0.1, 0.15) is 0 Å². The second-order valence-corrected chi connectivity index (χ2v) is 7.22. The number of amides is 1. The maximum absolute atomic E-state index is 13.3. The maximum Gasteiger partial charge on any atom is 0.293 e. The number of hydrogen-bond donors (Lipinski definition) is 1. The number of rotatable bonds is 7. The predicted molar refractivity (Wildman–Crippen MR) is 112 cm³/mol. The smallest absolute Gasteiger partial charge is 0.293 e. The third kappa shape index (κ3) is 5.55. The number of hydrogen-bond acceptors (Lipinski definition) is 5. The van der Waals surface area contributed by atoms with E-state index in [-0.39, 0.29) is 24.4 Å². The van der Waals surface area contributed by atoms with Crippen LogP contribution in [-0.2, 0) is 6.54 Å². The summed E-state index contributed by atoms with van der Waals surface area (Å²) in [7, 11) is 0. The first-order valence-electron chi connectivity index (χ1n) is 10.1. The zero-order valence-corrected chi connectivity index (χ0v) is 17.6. The van der Waals surface area contributed by atoms with Crippen LogP contribution >= 0.6 is 12.4 Å². The van der Waals surface area contributed by atoms with Crippen LogP contribution in [0.5, 0.6) is 0 Å². The summed E-state index contributed by atoms with van der Waals surface area (Å²) in [5.74, 6) is 0.587. The van der Waals surface area contributed by atoms with Crippen LogP contribution in [0.4, 0.5) is 0 Å². The molecule has 1 aliphatic heterocycles. The highest BCUT2D eigenvalue weighted by Gasteiger charge is 2.29.